The van der Waals surface area contributed by atoms with Crippen LogP contribution in [0, 0.1) is 5.92 Å². The summed E-state index contributed by atoms with van der Waals surface area (Å²) in [6.45, 7) is 10.2. The Kier molecular flexibility index (Phi) is 12.0. The van der Waals surface area contributed by atoms with Crippen molar-refractivity contribution in [3.8, 4) is 11.4 Å². The van der Waals surface area contributed by atoms with Gasteiger partial charge in [-0.25, -0.2) is 9.98 Å². The molecule has 2 aromatic heterocycles. The number of anilines is 1. The number of benzene rings is 3. The lowest BCUT2D eigenvalue weighted by Gasteiger charge is -2.17. The third-order valence-corrected chi connectivity index (χ3v) is 10.5. The summed E-state index contributed by atoms with van der Waals surface area (Å²) in [6, 6.07) is 19.1. The lowest BCUT2D eigenvalue weighted by atomic mass is 9.98. The van der Waals surface area contributed by atoms with Gasteiger partial charge in [0.25, 0.3) is 0 Å². The second kappa shape index (κ2) is 17.0. The fourth-order valence-electron chi connectivity index (χ4n) is 7.84. The van der Waals surface area contributed by atoms with Crippen molar-refractivity contribution in [1.29, 1.82) is 0 Å². The molecule has 0 aliphatic carbocycles. The predicted octanol–water partition coefficient (Wildman–Crippen LogP) is 8.27. The number of aldehydes is 1. The highest BCUT2D eigenvalue weighted by molar-refractivity contribution is 6.29. The van der Waals surface area contributed by atoms with E-state index in [2.05, 4.69) is 83.0 Å². The number of likely N-dealkylation sites (tertiary alicyclic amines) is 1. The minimum Gasteiger partial charge on any atom is -0.386 e. The molecule has 0 bridgehead atoms. The molecule has 0 atom stereocenters. The zero-order valence-electron chi connectivity index (χ0n) is 31.2. The minimum absolute atomic E-state index is 0.0609. The quantitative estimate of drug-likeness (QED) is 0.0705. The number of amides is 2. The van der Waals surface area contributed by atoms with Gasteiger partial charge in [0.1, 0.15) is 5.82 Å². The highest BCUT2D eigenvalue weighted by atomic mass is 16.2. The Balaban J connectivity index is 1.34. The summed E-state index contributed by atoms with van der Waals surface area (Å²) in [5, 5.41) is 8.72. The molecule has 0 unspecified atom stereocenters. The third kappa shape index (κ3) is 7.91. The van der Waals surface area contributed by atoms with E-state index < -0.39 is 0 Å². The van der Waals surface area contributed by atoms with E-state index in [1.165, 1.54) is 21.8 Å². The van der Waals surface area contributed by atoms with Crippen LogP contribution in [0.25, 0.3) is 44.2 Å². The first-order chi connectivity index (χ1) is 25.4. The van der Waals surface area contributed by atoms with Crippen molar-refractivity contribution in [2.45, 2.75) is 91.6 Å². The van der Waals surface area contributed by atoms with Crippen molar-refractivity contribution in [1.82, 2.24) is 24.3 Å². The molecule has 10 heteroatoms. The number of rotatable bonds is 18. The molecule has 3 heterocycles. The molecule has 6 rings (SSSR count). The zero-order chi connectivity index (χ0) is 36.6. The average Bonchev–Trinajstić information content (AvgIpc) is 3.84. The number of para-hydroxylation sites is 1. The van der Waals surface area contributed by atoms with E-state index in [1.807, 2.05) is 24.1 Å². The molecular weight excluding hydrogens is 651 g/mol. The van der Waals surface area contributed by atoms with Gasteiger partial charge in [-0.2, -0.15) is 0 Å². The van der Waals surface area contributed by atoms with Crippen LogP contribution in [0.2, 0.25) is 0 Å². The summed E-state index contributed by atoms with van der Waals surface area (Å²) in [5.41, 5.74) is 6.81. The number of hydrogen-bond donors (Lipinski definition) is 2. The molecule has 0 radical (unpaired) electrons. The number of nitrogens with zero attached hydrogens (tertiary/aromatic N) is 5. The monoisotopic (exact) mass is 703 g/mol. The number of carbonyl (C=O) groups is 3. The highest BCUT2D eigenvalue weighted by Gasteiger charge is 2.21. The lowest BCUT2D eigenvalue weighted by molar-refractivity contribution is -0.127. The Labute approximate surface area is 306 Å². The molecule has 10 nitrogen and oxygen atoms in total. The molecular formula is C42H53N7O3. The maximum Gasteiger partial charge on any atom is 0.222 e. The van der Waals surface area contributed by atoms with Crippen molar-refractivity contribution in [3.05, 3.63) is 54.6 Å². The van der Waals surface area contributed by atoms with Crippen molar-refractivity contribution < 1.29 is 14.4 Å². The van der Waals surface area contributed by atoms with Gasteiger partial charge in [0.05, 0.1) is 28.1 Å². The summed E-state index contributed by atoms with van der Waals surface area (Å²) >= 11 is 0. The van der Waals surface area contributed by atoms with Gasteiger partial charge in [0.2, 0.25) is 11.8 Å². The number of aryl methyl sites for hydroxylation is 2. The first kappa shape index (κ1) is 36.8. The van der Waals surface area contributed by atoms with Crippen LogP contribution < -0.4 is 10.6 Å². The van der Waals surface area contributed by atoms with Crippen LogP contribution >= 0.6 is 0 Å². The van der Waals surface area contributed by atoms with Gasteiger partial charge >= 0.3 is 0 Å². The molecule has 5 aromatic rings. The Morgan fingerprint density at radius 3 is 2.44 bits per heavy atom. The Morgan fingerprint density at radius 2 is 1.73 bits per heavy atom. The number of imidazole rings is 1. The van der Waals surface area contributed by atoms with Crippen molar-refractivity contribution >= 4 is 68.0 Å². The second-order valence-corrected chi connectivity index (χ2v) is 14.0. The van der Waals surface area contributed by atoms with Crippen molar-refractivity contribution in [3.63, 3.8) is 0 Å². The molecule has 2 N–H and O–H groups in total. The van der Waals surface area contributed by atoms with Gasteiger partial charge in [-0.05, 0) is 74.9 Å². The van der Waals surface area contributed by atoms with Gasteiger partial charge in [-0.3, -0.25) is 14.4 Å². The molecule has 0 spiro atoms. The maximum atomic E-state index is 12.8. The Hall–Kier alpha value is -4.99. The Bertz CT molecular complexity index is 2090. The van der Waals surface area contributed by atoms with Crippen LogP contribution in [-0.2, 0) is 27.5 Å². The topological polar surface area (TPSA) is 114 Å². The number of carbonyl (C=O) groups excluding carboxylic acids is 3. The number of aliphatic imine (C=N–C) groups is 1. The van der Waals surface area contributed by atoms with Crippen LogP contribution in [0.1, 0.15) is 78.6 Å². The summed E-state index contributed by atoms with van der Waals surface area (Å²) in [6.07, 6.45) is 7.90. The van der Waals surface area contributed by atoms with E-state index in [-0.39, 0.29) is 24.7 Å². The van der Waals surface area contributed by atoms with E-state index >= 15 is 0 Å². The van der Waals surface area contributed by atoms with Gasteiger partial charge < -0.3 is 24.7 Å². The van der Waals surface area contributed by atoms with Crippen LogP contribution in [0.3, 0.4) is 0 Å². The van der Waals surface area contributed by atoms with Gasteiger partial charge in [0.15, 0.2) is 6.29 Å². The molecule has 274 valence electrons. The van der Waals surface area contributed by atoms with Crippen molar-refractivity contribution in [2.24, 2.45) is 10.9 Å². The molecule has 52 heavy (non-hydrogen) atoms. The van der Waals surface area contributed by atoms with E-state index in [9.17, 15) is 14.4 Å². The van der Waals surface area contributed by atoms with E-state index in [0.717, 1.165) is 86.0 Å². The number of aromatic nitrogens is 3. The molecule has 1 saturated heterocycles. The summed E-state index contributed by atoms with van der Waals surface area (Å²) < 4.78 is 4.57. The molecule has 3 aromatic carbocycles. The summed E-state index contributed by atoms with van der Waals surface area (Å²) in [4.78, 5) is 49.4. The molecule has 0 saturated carbocycles. The van der Waals surface area contributed by atoms with E-state index in [0.29, 0.717) is 43.4 Å². The van der Waals surface area contributed by atoms with Gasteiger partial charge in [-0.15, -0.1) is 0 Å². The van der Waals surface area contributed by atoms with Crippen LogP contribution in [0.5, 0.6) is 0 Å². The van der Waals surface area contributed by atoms with E-state index in [4.69, 9.17) is 9.98 Å². The number of fused-ring (bicyclic) bond motifs is 4. The normalized spacial score (nSPS) is 13.7. The smallest absolute Gasteiger partial charge is 0.222 e. The van der Waals surface area contributed by atoms with Gasteiger partial charge in [-0.1, -0.05) is 44.9 Å². The first-order valence-corrected chi connectivity index (χ1v) is 19.2. The van der Waals surface area contributed by atoms with Crippen LogP contribution in [0.15, 0.2) is 59.6 Å². The number of hydrogen-bond acceptors (Lipinski definition) is 6. The minimum atomic E-state index is -0.0609. The average molecular weight is 704 g/mol. The molecule has 1 fully saturated rings. The largest absolute Gasteiger partial charge is 0.386 e. The molecule has 2 amide bonds. The maximum absolute atomic E-state index is 12.8. The zero-order valence-corrected chi connectivity index (χ0v) is 31.2. The lowest BCUT2D eigenvalue weighted by Crippen LogP contribution is -2.29. The van der Waals surface area contributed by atoms with Crippen LogP contribution in [-0.4, -0.2) is 69.5 Å². The fraction of sp³-hybridized carbons (Fsp3) is 0.452. The standard InChI is InChI=1S/C42H53N7O3/c1-5-12-29(13-6-2)27-44-40(51)20-18-31(28-50)45-35-26-39-36(25-34(35)43-4)46-42(49(39)23-11-22-47-21-10-16-41(47)52)30-17-19-38-33(24-30)32-14-8-9-15-37(32)48(38)7-3/h8-9,14-15,17,19,24-26,28-29,43H,5-7,10-13,16,18,20-23,27H2,1-4H3,(H,44,51). The number of nitrogens with one attached hydrogen (secondary N) is 2. The third-order valence-electron chi connectivity index (χ3n) is 10.5. The van der Waals surface area contributed by atoms with Gasteiger partial charge in [0, 0.05) is 86.4 Å². The van der Waals surface area contributed by atoms with Crippen LogP contribution in [0.4, 0.5) is 11.4 Å². The highest BCUT2D eigenvalue weighted by Crippen LogP contribution is 2.37. The second-order valence-electron chi connectivity index (χ2n) is 14.0. The first-order valence-electron chi connectivity index (χ1n) is 19.2. The SMILES string of the molecule is CCCC(CCC)CNC(=O)CCC(C=O)=Nc1cc2c(cc1NC)nc(-c1ccc3c(c1)c1ccccc1n3CC)n2CCCN1CCCC1=O. The van der Waals surface area contributed by atoms with E-state index in [1.54, 1.807) is 0 Å². The fourth-order valence-corrected chi connectivity index (χ4v) is 7.84. The summed E-state index contributed by atoms with van der Waals surface area (Å²) in [5.74, 6) is 1.49. The summed E-state index contributed by atoms with van der Waals surface area (Å²) in [7, 11) is 1.83. The van der Waals surface area contributed by atoms with Crippen molar-refractivity contribution in [2.75, 3.05) is 32.0 Å². The Morgan fingerprint density at radius 1 is 0.942 bits per heavy atom. The molecule has 1 aliphatic rings. The molecule has 1 aliphatic heterocycles. The predicted molar refractivity (Wildman–Crippen MR) is 213 cm³/mol.